The molecule has 0 unspecified atom stereocenters. The van der Waals surface area contributed by atoms with Crippen molar-refractivity contribution < 1.29 is 13.9 Å². The summed E-state index contributed by atoms with van der Waals surface area (Å²) in [5, 5.41) is 0. The van der Waals surface area contributed by atoms with Crippen LogP contribution >= 0.6 is 0 Å². The first-order chi connectivity index (χ1) is 12.0. The van der Waals surface area contributed by atoms with E-state index in [1.807, 2.05) is 18.2 Å². The molecule has 0 saturated heterocycles. The summed E-state index contributed by atoms with van der Waals surface area (Å²) in [7, 11) is 0. The van der Waals surface area contributed by atoms with Gasteiger partial charge in [-0.25, -0.2) is 14.2 Å². The van der Waals surface area contributed by atoms with E-state index in [0.717, 1.165) is 17.8 Å². The summed E-state index contributed by atoms with van der Waals surface area (Å²) in [6.07, 6.45) is 1.65. The summed E-state index contributed by atoms with van der Waals surface area (Å²) in [6.45, 7) is 3.95. The van der Waals surface area contributed by atoms with Crippen molar-refractivity contribution in [1.82, 2.24) is 9.38 Å². The van der Waals surface area contributed by atoms with Gasteiger partial charge < -0.3 is 14.9 Å². The fourth-order valence-corrected chi connectivity index (χ4v) is 2.66. The van der Waals surface area contributed by atoms with Crippen LogP contribution in [0.15, 0.2) is 36.5 Å². The molecule has 2 heterocycles. The van der Waals surface area contributed by atoms with Gasteiger partial charge >= 0.3 is 6.09 Å². The van der Waals surface area contributed by atoms with Gasteiger partial charge in [0, 0.05) is 17.5 Å². The zero-order chi connectivity index (χ0) is 18.0. The number of benzene rings is 1. The minimum atomic E-state index is -0.923. The van der Waals surface area contributed by atoms with Crippen molar-refractivity contribution in [2.45, 2.75) is 20.3 Å². The van der Waals surface area contributed by atoms with Gasteiger partial charge in [0.1, 0.15) is 11.4 Å². The fourth-order valence-electron chi connectivity index (χ4n) is 2.66. The highest BCUT2D eigenvalue weighted by Crippen LogP contribution is 2.25. The van der Waals surface area contributed by atoms with Crippen LogP contribution < -0.4 is 10.5 Å². The van der Waals surface area contributed by atoms with Crippen LogP contribution in [0.4, 0.5) is 9.18 Å². The van der Waals surface area contributed by atoms with Crippen LogP contribution in [0.5, 0.6) is 5.75 Å². The van der Waals surface area contributed by atoms with E-state index in [4.69, 9.17) is 10.5 Å². The number of imidazole rings is 1. The highest BCUT2D eigenvalue weighted by atomic mass is 19.1. The molecule has 126 valence electrons. The number of nitrogens with two attached hydrogens (primary N) is 1. The average molecular weight is 337 g/mol. The molecule has 1 amide bonds. The van der Waals surface area contributed by atoms with Gasteiger partial charge in [-0.15, -0.1) is 0 Å². The van der Waals surface area contributed by atoms with Crippen molar-refractivity contribution in [3.8, 4) is 17.6 Å². The third-order valence-corrected chi connectivity index (χ3v) is 3.78. The summed E-state index contributed by atoms with van der Waals surface area (Å²) < 4.78 is 20.0. The van der Waals surface area contributed by atoms with Gasteiger partial charge in [0.15, 0.2) is 11.4 Å². The minimum absolute atomic E-state index is 0.238. The Morgan fingerprint density at radius 3 is 2.64 bits per heavy atom. The predicted molar refractivity (Wildman–Crippen MR) is 91.9 cm³/mol. The smallest absolute Gasteiger partial charge is 0.409 e. The Bertz CT molecular complexity index is 1010. The summed E-state index contributed by atoms with van der Waals surface area (Å²) in [4.78, 5) is 15.7. The van der Waals surface area contributed by atoms with E-state index in [-0.39, 0.29) is 11.6 Å². The molecule has 25 heavy (non-hydrogen) atoms. The number of nitrogens with zero attached hydrogens (tertiary/aromatic N) is 2. The van der Waals surface area contributed by atoms with Crippen LogP contribution in [0, 0.1) is 24.6 Å². The Kier molecular flexibility index (Phi) is 4.40. The van der Waals surface area contributed by atoms with Gasteiger partial charge in [-0.3, -0.25) is 0 Å². The standard InChI is InChI=1S/C19H16FN3O2/c1-3-16-12(2)22-18-15(9-6-13-4-7-14(20)8-5-13)17(25-19(21)24)10-11-23(16)18/h4-5,7-8,10-11H,3H2,1-2H3,(H2,21,24). The molecule has 2 aromatic heterocycles. The molecule has 0 aliphatic heterocycles. The van der Waals surface area contributed by atoms with Crippen LogP contribution in [-0.2, 0) is 6.42 Å². The molecule has 0 bridgehead atoms. The minimum Gasteiger partial charge on any atom is -0.409 e. The van der Waals surface area contributed by atoms with Crippen molar-refractivity contribution in [3.63, 3.8) is 0 Å². The lowest BCUT2D eigenvalue weighted by molar-refractivity contribution is 0.211. The van der Waals surface area contributed by atoms with Crippen LogP contribution in [0.25, 0.3) is 5.65 Å². The molecule has 0 atom stereocenters. The van der Waals surface area contributed by atoms with E-state index < -0.39 is 6.09 Å². The van der Waals surface area contributed by atoms with Crippen LogP contribution in [0.2, 0.25) is 0 Å². The molecule has 5 nitrogen and oxygen atoms in total. The number of rotatable bonds is 2. The van der Waals surface area contributed by atoms with Crippen LogP contribution in [-0.4, -0.2) is 15.5 Å². The Morgan fingerprint density at radius 1 is 1.28 bits per heavy atom. The molecule has 0 aliphatic carbocycles. The number of aryl methyl sites for hydroxylation is 2. The second kappa shape index (κ2) is 6.65. The lowest BCUT2D eigenvalue weighted by Gasteiger charge is -2.06. The number of fused-ring (bicyclic) bond motifs is 1. The first-order valence-corrected chi connectivity index (χ1v) is 7.75. The van der Waals surface area contributed by atoms with Gasteiger partial charge in [-0.1, -0.05) is 18.8 Å². The number of carbonyl (C=O) groups is 1. The number of hydrogen-bond donors (Lipinski definition) is 1. The molecule has 2 N–H and O–H groups in total. The zero-order valence-corrected chi connectivity index (χ0v) is 13.8. The average Bonchev–Trinajstić information content (AvgIpc) is 2.90. The molecule has 0 aliphatic rings. The lowest BCUT2D eigenvalue weighted by Crippen LogP contribution is -2.17. The van der Waals surface area contributed by atoms with Gasteiger partial charge in [0.25, 0.3) is 0 Å². The second-order valence-electron chi connectivity index (χ2n) is 5.42. The number of hydrogen-bond acceptors (Lipinski definition) is 3. The van der Waals surface area contributed by atoms with E-state index in [1.54, 1.807) is 24.4 Å². The number of halogens is 1. The SMILES string of the molecule is CCc1c(C)nc2c(C#Cc3ccc(F)cc3)c(OC(N)=O)ccn12. The molecule has 0 saturated carbocycles. The molecule has 1 aromatic carbocycles. The normalized spacial score (nSPS) is 10.4. The first kappa shape index (κ1) is 16.5. The fraction of sp³-hybridized carbons (Fsp3) is 0.158. The summed E-state index contributed by atoms with van der Waals surface area (Å²) in [5.74, 6) is 5.82. The summed E-state index contributed by atoms with van der Waals surface area (Å²) >= 11 is 0. The largest absolute Gasteiger partial charge is 0.410 e. The number of ether oxygens (including phenoxy) is 1. The third-order valence-electron chi connectivity index (χ3n) is 3.78. The lowest BCUT2D eigenvalue weighted by atomic mass is 10.2. The molecule has 6 heteroatoms. The Balaban J connectivity index is 2.19. The first-order valence-electron chi connectivity index (χ1n) is 7.75. The molecule has 3 rings (SSSR count). The third kappa shape index (κ3) is 3.31. The molecule has 0 spiro atoms. The number of pyridine rings is 1. The number of aromatic nitrogens is 2. The maximum atomic E-state index is 13.0. The van der Waals surface area contributed by atoms with Crippen molar-refractivity contribution in [1.29, 1.82) is 0 Å². The summed E-state index contributed by atoms with van der Waals surface area (Å²) in [6, 6.07) is 7.45. The second-order valence-corrected chi connectivity index (χ2v) is 5.42. The molecule has 0 radical (unpaired) electrons. The zero-order valence-electron chi connectivity index (χ0n) is 13.8. The predicted octanol–water partition coefficient (Wildman–Crippen LogP) is 3.20. The number of primary amides is 1. The topological polar surface area (TPSA) is 69.6 Å². The van der Waals surface area contributed by atoms with E-state index >= 15 is 0 Å². The highest BCUT2D eigenvalue weighted by Gasteiger charge is 2.15. The van der Waals surface area contributed by atoms with Crippen LogP contribution in [0.1, 0.15) is 29.4 Å². The van der Waals surface area contributed by atoms with Crippen molar-refractivity contribution in [2.24, 2.45) is 5.73 Å². The monoisotopic (exact) mass is 337 g/mol. The molecule has 3 aromatic rings. The van der Waals surface area contributed by atoms with Crippen molar-refractivity contribution in [3.05, 3.63) is 64.9 Å². The van der Waals surface area contributed by atoms with E-state index in [9.17, 15) is 9.18 Å². The Morgan fingerprint density at radius 2 is 2.00 bits per heavy atom. The van der Waals surface area contributed by atoms with E-state index in [1.165, 1.54) is 12.1 Å². The van der Waals surface area contributed by atoms with Crippen molar-refractivity contribution in [2.75, 3.05) is 0 Å². The van der Waals surface area contributed by atoms with E-state index in [2.05, 4.69) is 16.8 Å². The maximum Gasteiger partial charge on any atom is 0.410 e. The Labute approximate surface area is 144 Å². The van der Waals surface area contributed by atoms with Gasteiger partial charge in [-0.05, 0) is 43.7 Å². The summed E-state index contributed by atoms with van der Waals surface area (Å²) in [5.41, 5.74) is 8.74. The molecular weight excluding hydrogens is 321 g/mol. The maximum absolute atomic E-state index is 13.0. The van der Waals surface area contributed by atoms with Gasteiger partial charge in [-0.2, -0.15) is 0 Å². The van der Waals surface area contributed by atoms with Gasteiger partial charge in [0.05, 0.1) is 5.69 Å². The van der Waals surface area contributed by atoms with Crippen molar-refractivity contribution >= 4 is 11.7 Å². The number of amides is 1. The van der Waals surface area contributed by atoms with Gasteiger partial charge in [0.2, 0.25) is 0 Å². The molecule has 0 fully saturated rings. The van der Waals surface area contributed by atoms with E-state index in [0.29, 0.717) is 16.8 Å². The quantitative estimate of drug-likeness (QED) is 0.730. The highest BCUT2D eigenvalue weighted by molar-refractivity contribution is 5.73. The Hall–Kier alpha value is -3.33. The van der Waals surface area contributed by atoms with Crippen LogP contribution in [0.3, 0.4) is 0 Å². The number of carbonyl (C=O) groups excluding carboxylic acids is 1. The molecular formula is C19H16FN3O2.